The molecule has 8 nitrogen and oxygen atoms in total. The van der Waals surface area contributed by atoms with Crippen LogP contribution < -0.4 is 0 Å². The van der Waals surface area contributed by atoms with Gasteiger partial charge in [-0.2, -0.15) is 15.3 Å². The number of hydrogen-bond acceptors (Lipinski definition) is 5. The number of rotatable bonds is 6. The van der Waals surface area contributed by atoms with Gasteiger partial charge in [0.05, 0.1) is 30.7 Å². The van der Waals surface area contributed by atoms with Gasteiger partial charge in [0.15, 0.2) is 10.5 Å². The first kappa shape index (κ1) is 19.3. The average Bonchev–Trinajstić information content (AvgIpc) is 3.52. The lowest BCUT2D eigenvalue weighted by Crippen LogP contribution is -2.02. The van der Waals surface area contributed by atoms with Crippen LogP contribution in [0.5, 0.6) is 0 Å². The molecule has 9 heteroatoms. The fourth-order valence-corrected chi connectivity index (χ4v) is 3.83. The van der Waals surface area contributed by atoms with Crippen molar-refractivity contribution in [1.82, 2.24) is 34.3 Å². The minimum Gasteiger partial charge on any atom is -0.456 e. The van der Waals surface area contributed by atoms with E-state index in [-0.39, 0.29) is 0 Å². The molecule has 0 saturated carbocycles. The summed E-state index contributed by atoms with van der Waals surface area (Å²) >= 11 is 5.48. The van der Waals surface area contributed by atoms with E-state index in [4.69, 9.17) is 16.6 Å². The Balaban J connectivity index is 1.43. The van der Waals surface area contributed by atoms with E-state index in [1.54, 1.807) is 6.20 Å². The van der Waals surface area contributed by atoms with Crippen LogP contribution >= 0.6 is 12.2 Å². The lowest BCUT2D eigenvalue weighted by Gasteiger charge is -2.03. The molecule has 5 aromatic rings. The van der Waals surface area contributed by atoms with Gasteiger partial charge in [-0.25, -0.2) is 0 Å². The average molecular weight is 432 g/mol. The molecule has 0 saturated heterocycles. The minimum absolute atomic E-state index is 0.478. The van der Waals surface area contributed by atoms with Crippen LogP contribution in [0.3, 0.4) is 0 Å². The molecule has 0 aliphatic carbocycles. The highest BCUT2D eigenvalue weighted by atomic mass is 32.1. The highest BCUT2D eigenvalue weighted by Gasteiger charge is 2.16. The Morgan fingerprint density at radius 2 is 1.90 bits per heavy atom. The van der Waals surface area contributed by atoms with Gasteiger partial charge in [-0.05, 0) is 49.8 Å². The fourth-order valence-electron chi connectivity index (χ4n) is 3.59. The van der Waals surface area contributed by atoms with E-state index in [0.29, 0.717) is 29.4 Å². The van der Waals surface area contributed by atoms with Crippen molar-refractivity contribution in [2.45, 2.75) is 26.9 Å². The third kappa shape index (κ3) is 3.87. The SMILES string of the molecule is Cc1cc(C)n(Cc2ccc(-c3n[nH]c(=S)n3-c3cnn(Cc4ccccc4)c3)o2)n1. The van der Waals surface area contributed by atoms with Crippen LogP contribution in [0.2, 0.25) is 0 Å². The van der Waals surface area contributed by atoms with Crippen LogP contribution in [-0.4, -0.2) is 34.3 Å². The Labute approximate surface area is 183 Å². The summed E-state index contributed by atoms with van der Waals surface area (Å²) in [6.07, 6.45) is 3.72. The zero-order chi connectivity index (χ0) is 21.4. The summed E-state index contributed by atoms with van der Waals surface area (Å²) in [6, 6.07) is 16.1. The van der Waals surface area contributed by atoms with E-state index in [1.807, 2.05) is 70.4 Å². The molecular formula is C22H21N7OS. The largest absolute Gasteiger partial charge is 0.456 e. The second kappa shape index (κ2) is 7.84. The van der Waals surface area contributed by atoms with Crippen LogP contribution in [-0.2, 0) is 13.1 Å². The minimum atomic E-state index is 0.478. The Bertz CT molecular complexity index is 1390. The molecule has 0 amide bonds. The number of benzene rings is 1. The normalized spacial score (nSPS) is 11.3. The summed E-state index contributed by atoms with van der Waals surface area (Å²) in [5.41, 5.74) is 4.07. The fraction of sp³-hybridized carbons (Fsp3) is 0.182. The molecule has 1 N–H and O–H groups in total. The Morgan fingerprint density at radius 3 is 2.68 bits per heavy atom. The van der Waals surface area contributed by atoms with Crippen molar-refractivity contribution in [1.29, 1.82) is 0 Å². The summed E-state index contributed by atoms with van der Waals surface area (Å²) in [5.74, 6) is 2.02. The first-order valence-electron chi connectivity index (χ1n) is 9.91. The molecule has 0 atom stereocenters. The topological polar surface area (TPSA) is 82.4 Å². The second-order valence-corrected chi connectivity index (χ2v) is 7.81. The zero-order valence-corrected chi connectivity index (χ0v) is 18.0. The number of aromatic nitrogens is 7. The molecule has 4 aromatic heterocycles. The van der Waals surface area contributed by atoms with Crippen LogP contribution in [0.15, 0.2) is 65.3 Å². The standard InChI is InChI=1S/C22H21N7OS/c1-15-10-16(2)28(26-15)14-19-8-9-20(30-19)21-24-25-22(31)29(21)18-11-23-27(13-18)12-17-6-4-3-5-7-17/h3-11,13H,12,14H2,1-2H3,(H,25,31). The molecule has 156 valence electrons. The third-order valence-corrected chi connectivity index (χ3v) is 5.30. The van der Waals surface area contributed by atoms with Crippen molar-refractivity contribution in [3.63, 3.8) is 0 Å². The van der Waals surface area contributed by atoms with Gasteiger partial charge in [0.2, 0.25) is 5.82 Å². The highest BCUT2D eigenvalue weighted by Crippen LogP contribution is 2.24. The van der Waals surface area contributed by atoms with Gasteiger partial charge in [0.25, 0.3) is 0 Å². The van der Waals surface area contributed by atoms with Gasteiger partial charge in [-0.3, -0.25) is 19.0 Å². The molecule has 0 radical (unpaired) electrons. The van der Waals surface area contributed by atoms with Crippen LogP contribution in [0.25, 0.3) is 17.3 Å². The van der Waals surface area contributed by atoms with Crippen molar-refractivity contribution in [3.8, 4) is 17.3 Å². The summed E-state index contributed by atoms with van der Waals surface area (Å²) in [7, 11) is 0. The quantitative estimate of drug-likeness (QED) is 0.406. The molecule has 4 heterocycles. The molecule has 5 rings (SSSR count). The summed E-state index contributed by atoms with van der Waals surface area (Å²) in [5, 5.41) is 16.2. The number of H-pyrrole nitrogens is 1. The van der Waals surface area contributed by atoms with Crippen molar-refractivity contribution >= 4 is 12.2 Å². The van der Waals surface area contributed by atoms with Crippen molar-refractivity contribution in [2.24, 2.45) is 0 Å². The van der Waals surface area contributed by atoms with Gasteiger partial charge < -0.3 is 4.42 Å². The van der Waals surface area contributed by atoms with E-state index in [1.165, 1.54) is 5.56 Å². The lowest BCUT2D eigenvalue weighted by atomic mass is 10.2. The molecular weight excluding hydrogens is 410 g/mol. The van der Waals surface area contributed by atoms with E-state index < -0.39 is 0 Å². The zero-order valence-electron chi connectivity index (χ0n) is 17.2. The predicted octanol–water partition coefficient (Wildman–Crippen LogP) is 4.30. The predicted molar refractivity (Wildman–Crippen MR) is 119 cm³/mol. The smallest absolute Gasteiger partial charge is 0.203 e. The van der Waals surface area contributed by atoms with Gasteiger partial charge in [0.1, 0.15) is 5.76 Å². The first-order valence-corrected chi connectivity index (χ1v) is 10.3. The summed E-state index contributed by atoms with van der Waals surface area (Å²) in [4.78, 5) is 0. The molecule has 0 aliphatic heterocycles. The maximum absolute atomic E-state index is 6.08. The number of furan rings is 1. The Morgan fingerprint density at radius 1 is 1.06 bits per heavy atom. The lowest BCUT2D eigenvalue weighted by molar-refractivity contribution is 0.482. The highest BCUT2D eigenvalue weighted by molar-refractivity contribution is 7.71. The van der Waals surface area contributed by atoms with Gasteiger partial charge in [0, 0.05) is 11.9 Å². The van der Waals surface area contributed by atoms with Crippen molar-refractivity contribution < 1.29 is 4.42 Å². The molecule has 31 heavy (non-hydrogen) atoms. The van der Waals surface area contributed by atoms with Crippen molar-refractivity contribution in [3.05, 3.63) is 88.4 Å². The van der Waals surface area contributed by atoms with Crippen LogP contribution in [0, 0.1) is 18.6 Å². The van der Waals surface area contributed by atoms with Crippen LogP contribution in [0.4, 0.5) is 0 Å². The van der Waals surface area contributed by atoms with E-state index in [0.717, 1.165) is 22.8 Å². The van der Waals surface area contributed by atoms with Crippen LogP contribution in [0.1, 0.15) is 22.7 Å². The van der Waals surface area contributed by atoms with Gasteiger partial charge >= 0.3 is 0 Å². The van der Waals surface area contributed by atoms with Crippen molar-refractivity contribution in [2.75, 3.05) is 0 Å². The molecule has 0 aliphatic rings. The third-order valence-electron chi connectivity index (χ3n) is 5.03. The number of aromatic amines is 1. The number of nitrogens with zero attached hydrogens (tertiary/aromatic N) is 6. The number of nitrogens with one attached hydrogen (secondary N) is 1. The first-order chi connectivity index (χ1) is 15.1. The maximum atomic E-state index is 6.08. The van der Waals surface area contributed by atoms with E-state index in [9.17, 15) is 0 Å². The molecule has 0 fully saturated rings. The summed E-state index contributed by atoms with van der Waals surface area (Å²) in [6.45, 7) is 5.24. The maximum Gasteiger partial charge on any atom is 0.203 e. The molecule has 1 aromatic carbocycles. The number of aryl methyl sites for hydroxylation is 2. The number of hydrogen-bond donors (Lipinski definition) is 1. The Hall–Kier alpha value is -3.72. The Kier molecular flexibility index (Phi) is 4.87. The summed E-state index contributed by atoms with van der Waals surface area (Å²) < 4.78 is 12.2. The second-order valence-electron chi connectivity index (χ2n) is 7.42. The molecule has 0 unspecified atom stereocenters. The van der Waals surface area contributed by atoms with Gasteiger partial charge in [-0.15, -0.1) is 0 Å². The van der Waals surface area contributed by atoms with E-state index in [2.05, 4.69) is 32.5 Å². The molecule has 0 bridgehead atoms. The van der Waals surface area contributed by atoms with E-state index >= 15 is 0 Å². The monoisotopic (exact) mass is 431 g/mol. The molecule has 0 spiro atoms. The van der Waals surface area contributed by atoms with Gasteiger partial charge in [-0.1, -0.05) is 30.3 Å².